The highest BCUT2D eigenvalue weighted by atomic mass is 16.6. The maximum Gasteiger partial charge on any atom is 0.310 e. The fourth-order valence-electron chi connectivity index (χ4n) is 8.58. The first-order chi connectivity index (χ1) is 14.1. The van der Waals surface area contributed by atoms with Crippen LogP contribution in [0.5, 0.6) is 0 Å². The van der Waals surface area contributed by atoms with Gasteiger partial charge in [0.2, 0.25) is 0 Å². The minimum Gasteiger partial charge on any atom is -0.465 e. The molecule has 0 aromatic carbocycles. The lowest BCUT2D eigenvalue weighted by atomic mass is 9.69. The molecule has 168 valence electrons. The summed E-state index contributed by atoms with van der Waals surface area (Å²) in [6.07, 6.45) is 7.77. The Kier molecular flexibility index (Phi) is 5.02. The van der Waals surface area contributed by atoms with Crippen LogP contribution in [-0.2, 0) is 19.1 Å². The molecule has 5 rings (SSSR count). The Morgan fingerprint density at radius 3 is 1.83 bits per heavy atom. The van der Waals surface area contributed by atoms with Crippen LogP contribution < -0.4 is 0 Å². The van der Waals surface area contributed by atoms with Crippen LogP contribution in [0, 0.1) is 65.1 Å². The van der Waals surface area contributed by atoms with E-state index in [4.69, 9.17) is 9.47 Å². The monoisotopic (exact) mass is 416 g/mol. The summed E-state index contributed by atoms with van der Waals surface area (Å²) in [6, 6.07) is 0. The SMILES string of the molecule is CC1C(C)C2CC1C(C(=O)OCC1CC3C4CCC(C4)C3C1)C2C(=O)OC(C)(C)C. The van der Waals surface area contributed by atoms with Crippen molar-refractivity contribution in [3.63, 3.8) is 0 Å². The van der Waals surface area contributed by atoms with Gasteiger partial charge >= 0.3 is 11.9 Å². The molecule has 5 aliphatic rings. The molecule has 10 atom stereocenters. The zero-order chi connectivity index (χ0) is 21.4. The summed E-state index contributed by atoms with van der Waals surface area (Å²) >= 11 is 0. The van der Waals surface area contributed by atoms with Crippen molar-refractivity contribution in [1.82, 2.24) is 0 Å². The molecule has 0 aliphatic heterocycles. The van der Waals surface area contributed by atoms with Crippen molar-refractivity contribution in [1.29, 1.82) is 0 Å². The van der Waals surface area contributed by atoms with Gasteiger partial charge in [-0.3, -0.25) is 9.59 Å². The number of ether oxygens (including phenoxy) is 2. The van der Waals surface area contributed by atoms with Gasteiger partial charge in [-0.1, -0.05) is 13.8 Å². The summed E-state index contributed by atoms with van der Waals surface area (Å²) in [6.45, 7) is 10.8. The van der Waals surface area contributed by atoms with E-state index >= 15 is 0 Å². The third-order valence-electron chi connectivity index (χ3n) is 9.93. The second-order valence-corrected chi connectivity index (χ2v) is 12.5. The molecule has 0 N–H and O–H groups in total. The minimum atomic E-state index is -0.525. The first-order valence-corrected chi connectivity index (χ1v) is 12.5. The predicted molar refractivity (Wildman–Crippen MR) is 114 cm³/mol. The van der Waals surface area contributed by atoms with E-state index in [2.05, 4.69) is 13.8 Å². The van der Waals surface area contributed by atoms with Crippen LogP contribution >= 0.6 is 0 Å². The number of hydrogen-bond donors (Lipinski definition) is 0. The fraction of sp³-hybridized carbons (Fsp3) is 0.923. The Hall–Kier alpha value is -1.06. The molecular weight excluding hydrogens is 376 g/mol. The quantitative estimate of drug-likeness (QED) is 0.599. The Labute approximate surface area is 181 Å². The average Bonchev–Trinajstić information content (AvgIpc) is 3.44. The van der Waals surface area contributed by atoms with Crippen molar-refractivity contribution < 1.29 is 19.1 Å². The molecule has 4 heteroatoms. The van der Waals surface area contributed by atoms with Crippen LogP contribution in [0.25, 0.3) is 0 Å². The minimum absolute atomic E-state index is 0.128. The van der Waals surface area contributed by atoms with E-state index in [1.165, 1.54) is 32.1 Å². The Morgan fingerprint density at radius 2 is 1.30 bits per heavy atom. The second kappa shape index (κ2) is 7.24. The van der Waals surface area contributed by atoms with Gasteiger partial charge in [0.25, 0.3) is 0 Å². The molecule has 5 fully saturated rings. The highest BCUT2D eigenvalue weighted by Crippen LogP contribution is 2.61. The lowest BCUT2D eigenvalue weighted by Gasteiger charge is -2.37. The summed E-state index contributed by atoms with van der Waals surface area (Å²) in [7, 11) is 0. The van der Waals surface area contributed by atoms with Crippen LogP contribution in [-0.4, -0.2) is 24.1 Å². The second-order valence-electron chi connectivity index (χ2n) is 12.5. The van der Waals surface area contributed by atoms with Gasteiger partial charge in [0.15, 0.2) is 0 Å². The van der Waals surface area contributed by atoms with Gasteiger partial charge in [-0.25, -0.2) is 0 Å². The molecule has 0 aromatic rings. The van der Waals surface area contributed by atoms with Crippen molar-refractivity contribution in [3.8, 4) is 0 Å². The van der Waals surface area contributed by atoms with Crippen LogP contribution in [0.15, 0.2) is 0 Å². The van der Waals surface area contributed by atoms with Gasteiger partial charge in [0.1, 0.15) is 5.60 Å². The molecule has 10 unspecified atom stereocenters. The van der Waals surface area contributed by atoms with E-state index in [-0.39, 0.29) is 35.6 Å². The summed E-state index contributed by atoms with van der Waals surface area (Å²) in [5, 5.41) is 0. The maximum absolute atomic E-state index is 13.3. The largest absolute Gasteiger partial charge is 0.465 e. The molecule has 4 bridgehead atoms. The van der Waals surface area contributed by atoms with Crippen LogP contribution in [0.1, 0.15) is 73.1 Å². The molecule has 5 saturated carbocycles. The van der Waals surface area contributed by atoms with Gasteiger partial charge in [-0.2, -0.15) is 0 Å². The number of esters is 2. The number of carbonyl (C=O) groups is 2. The molecule has 0 heterocycles. The Morgan fingerprint density at radius 1 is 0.767 bits per heavy atom. The first-order valence-electron chi connectivity index (χ1n) is 12.5. The highest BCUT2D eigenvalue weighted by molar-refractivity contribution is 5.84. The van der Waals surface area contributed by atoms with Crippen LogP contribution in [0.3, 0.4) is 0 Å². The van der Waals surface area contributed by atoms with E-state index < -0.39 is 5.60 Å². The van der Waals surface area contributed by atoms with Gasteiger partial charge in [0, 0.05) is 0 Å². The van der Waals surface area contributed by atoms with Crippen LogP contribution in [0.4, 0.5) is 0 Å². The van der Waals surface area contributed by atoms with E-state index in [1.54, 1.807) is 0 Å². The molecular formula is C26H40O4. The molecule has 0 spiro atoms. The van der Waals surface area contributed by atoms with Gasteiger partial charge in [-0.15, -0.1) is 0 Å². The number of hydrogen-bond acceptors (Lipinski definition) is 4. The molecule has 0 saturated heterocycles. The van der Waals surface area contributed by atoms with Gasteiger partial charge in [0.05, 0.1) is 18.4 Å². The van der Waals surface area contributed by atoms with Crippen molar-refractivity contribution in [2.24, 2.45) is 65.1 Å². The van der Waals surface area contributed by atoms with E-state index in [9.17, 15) is 9.59 Å². The third kappa shape index (κ3) is 3.32. The average molecular weight is 417 g/mol. The van der Waals surface area contributed by atoms with E-state index in [0.29, 0.717) is 24.4 Å². The molecule has 0 aromatic heterocycles. The topological polar surface area (TPSA) is 52.6 Å². The predicted octanol–water partition coefficient (Wildman–Crippen LogP) is 5.10. The van der Waals surface area contributed by atoms with Crippen molar-refractivity contribution >= 4 is 11.9 Å². The smallest absolute Gasteiger partial charge is 0.310 e. The third-order valence-corrected chi connectivity index (χ3v) is 9.93. The number of rotatable bonds is 4. The normalized spacial score (nSPS) is 48.8. The molecule has 0 amide bonds. The maximum atomic E-state index is 13.3. The molecule has 5 aliphatic carbocycles. The van der Waals surface area contributed by atoms with Crippen LogP contribution in [0.2, 0.25) is 0 Å². The van der Waals surface area contributed by atoms with Crippen molar-refractivity contribution in [2.75, 3.05) is 6.61 Å². The first kappa shape index (κ1) is 20.8. The van der Waals surface area contributed by atoms with Gasteiger partial charge < -0.3 is 9.47 Å². The summed E-state index contributed by atoms with van der Waals surface area (Å²) in [4.78, 5) is 26.3. The Bertz CT molecular complexity index is 690. The van der Waals surface area contributed by atoms with Crippen molar-refractivity contribution in [3.05, 3.63) is 0 Å². The van der Waals surface area contributed by atoms with Gasteiger partial charge in [-0.05, 0) is 113 Å². The lowest BCUT2D eigenvalue weighted by Crippen LogP contribution is -2.44. The summed E-state index contributed by atoms with van der Waals surface area (Å²) in [5.41, 5.74) is -0.525. The number of carbonyl (C=O) groups excluding carboxylic acids is 2. The molecule has 4 nitrogen and oxygen atoms in total. The lowest BCUT2D eigenvalue weighted by molar-refractivity contribution is -0.173. The number of fused-ring (bicyclic) bond motifs is 7. The zero-order valence-corrected chi connectivity index (χ0v) is 19.4. The highest BCUT2D eigenvalue weighted by Gasteiger charge is 2.61. The zero-order valence-electron chi connectivity index (χ0n) is 19.4. The summed E-state index contributed by atoms with van der Waals surface area (Å²) in [5.74, 6) is 4.69. The van der Waals surface area contributed by atoms with E-state index in [0.717, 1.165) is 30.1 Å². The Balaban J connectivity index is 1.24. The standard InChI is InChI=1S/C26H40O4/c1-13-14(2)19-11-18(13)22(23(19)25(28)30-26(3,4)5)24(27)29-12-15-8-20-16-6-7-17(10-16)21(20)9-15/h13-23H,6-12H2,1-5H3. The molecule has 30 heavy (non-hydrogen) atoms. The summed E-state index contributed by atoms with van der Waals surface area (Å²) < 4.78 is 11.7. The molecule has 0 radical (unpaired) electrons. The van der Waals surface area contributed by atoms with Crippen molar-refractivity contribution in [2.45, 2.75) is 78.7 Å². The fourth-order valence-corrected chi connectivity index (χ4v) is 8.58. The van der Waals surface area contributed by atoms with E-state index in [1.807, 2.05) is 20.8 Å².